The molecule has 0 unspecified atom stereocenters. The zero-order valence-corrected chi connectivity index (χ0v) is 15.2. The number of benzene rings is 1. The molecule has 3 heteroatoms. The number of hydrogen-bond donors (Lipinski definition) is 1. The van der Waals surface area contributed by atoms with Crippen molar-refractivity contribution in [1.29, 1.82) is 0 Å². The second kappa shape index (κ2) is 6.01. The minimum atomic E-state index is 0.454. The van der Waals surface area contributed by atoms with E-state index in [1.54, 1.807) is 14.2 Å². The van der Waals surface area contributed by atoms with Crippen LogP contribution in [0.5, 0.6) is 11.5 Å². The van der Waals surface area contributed by atoms with E-state index in [0.29, 0.717) is 16.9 Å². The fraction of sp³-hybridized carbons (Fsp3) is 0.700. The van der Waals surface area contributed by atoms with Gasteiger partial charge in [0.2, 0.25) is 0 Å². The summed E-state index contributed by atoms with van der Waals surface area (Å²) in [6.45, 7) is 8.47. The molecule has 1 aromatic rings. The molecule has 2 fully saturated rings. The van der Waals surface area contributed by atoms with Gasteiger partial charge in [0.25, 0.3) is 0 Å². The minimum Gasteiger partial charge on any atom is -0.493 e. The predicted octanol–water partition coefficient (Wildman–Crippen LogP) is 4.05. The van der Waals surface area contributed by atoms with Crippen molar-refractivity contribution < 1.29 is 9.47 Å². The maximum Gasteiger partial charge on any atom is 0.160 e. The maximum absolute atomic E-state index is 5.39. The van der Waals surface area contributed by atoms with E-state index >= 15 is 0 Å². The van der Waals surface area contributed by atoms with Gasteiger partial charge in [-0.15, -0.1) is 0 Å². The first kappa shape index (κ1) is 16.6. The van der Waals surface area contributed by atoms with E-state index in [4.69, 9.17) is 9.47 Å². The molecule has 0 aromatic heterocycles. The fourth-order valence-electron chi connectivity index (χ4n) is 4.94. The lowest BCUT2D eigenvalue weighted by atomic mass is 9.69. The third kappa shape index (κ3) is 2.63. The molecular formula is C20H31NO2. The van der Waals surface area contributed by atoms with E-state index in [1.807, 2.05) is 6.07 Å². The summed E-state index contributed by atoms with van der Waals surface area (Å²) in [6, 6.07) is 6.88. The van der Waals surface area contributed by atoms with Crippen molar-refractivity contribution in [2.45, 2.75) is 52.5 Å². The second-order valence-corrected chi connectivity index (χ2v) is 8.06. The topological polar surface area (TPSA) is 30.5 Å². The van der Waals surface area contributed by atoms with Crippen LogP contribution in [0, 0.1) is 16.7 Å². The number of hydrogen-bond acceptors (Lipinski definition) is 3. The van der Waals surface area contributed by atoms with Crippen LogP contribution in [0.1, 0.15) is 45.6 Å². The van der Waals surface area contributed by atoms with Gasteiger partial charge in [-0.05, 0) is 66.7 Å². The molecule has 128 valence electrons. The molecule has 3 rings (SSSR count). The lowest BCUT2D eigenvalue weighted by molar-refractivity contribution is 0.121. The van der Waals surface area contributed by atoms with Crippen LogP contribution in [-0.2, 0) is 6.42 Å². The van der Waals surface area contributed by atoms with Crippen LogP contribution in [0.15, 0.2) is 18.2 Å². The van der Waals surface area contributed by atoms with Crippen LogP contribution in [0.2, 0.25) is 0 Å². The monoisotopic (exact) mass is 317 g/mol. The van der Waals surface area contributed by atoms with Crippen molar-refractivity contribution in [2.75, 3.05) is 20.8 Å². The second-order valence-electron chi connectivity index (χ2n) is 8.06. The Morgan fingerprint density at radius 2 is 1.87 bits per heavy atom. The van der Waals surface area contributed by atoms with Gasteiger partial charge in [0.1, 0.15) is 0 Å². The van der Waals surface area contributed by atoms with Crippen molar-refractivity contribution in [1.82, 2.24) is 5.32 Å². The SMILES string of the molecule is COc1ccc(CCN[C@@H]2C[C@H]3CC[C@]2(C)C3(C)C)cc1OC. The minimum absolute atomic E-state index is 0.454. The van der Waals surface area contributed by atoms with Gasteiger partial charge in [-0.3, -0.25) is 0 Å². The zero-order valence-electron chi connectivity index (χ0n) is 15.2. The van der Waals surface area contributed by atoms with E-state index in [9.17, 15) is 0 Å². The Labute approximate surface area is 140 Å². The molecule has 1 N–H and O–H groups in total. The molecule has 2 saturated carbocycles. The Bertz CT molecular complexity index is 569. The highest BCUT2D eigenvalue weighted by molar-refractivity contribution is 5.42. The third-order valence-electron chi connectivity index (χ3n) is 7.05. The largest absolute Gasteiger partial charge is 0.493 e. The van der Waals surface area contributed by atoms with Crippen LogP contribution in [0.25, 0.3) is 0 Å². The normalized spacial score (nSPS) is 31.3. The summed E-state index contributed by atoms with van der Waals surface area (Å²) in [4.78, 5) is 0. The number of ether oxygens (including phenoxy) is 2. The summed E-state index contributed by atoms with van der Waals surface area (Å²) >= 11 is 0. The Balaban J connectivity index is 1.59. The standard InChI is InChI=1S/C20H31NO2/c1-19(2)15-8-10-20(19,3)18(13-15)21-11-9-14-6-7-16(22-4)17(12-14)23-5/h6-7,12,15,18,21H,8-11,13H2,1-5H3/t15-,18-,20+/m1/s1. The molecule has 2 aliphatic carbocycles. The summed E-state index contributed by atoms with van der Waals surface area (Å²) in [5.74, 6) is 2.51. The van der Waals surface area contributed by atoms with Gasteiger partial charge in [0.05, 0.1) is 14.2 Å². The first-order valence-corrected chi connectivity index (χ1v) is 8.86. The Hall–Kier alpha value is -1.22. The van der Waals surface area contributed by atoms with Crippen LogP contribution in [-0.4, -0.2) is 26.8 Å². The van der Waals surface area contributed by atoms with Crippen molar-refractivity contribution in [3.8, 4) is 11.5 Å². The molecule has 0 saturated heterocycles. The van der Waals surface area contributed by atoms with Crippen LogP contribution in [0.3, 0.4) is 0 Å². The number of nitrogens with one attached hydrogen (secondary N) is 1. The highest BCUT2D eigenvalue weighted by Crippen LogP contribution is 2.65. The lowest BCUT2D eigenvalue weighted by Crippen LogP contribution is -2.45. The van der Waals surface area contributed by atoms with Gasteiger partial charge in [-0.2, -0.15) is 0 Å². The van der Waals surface area contributed by atoms with Crippen molar-refractivity contribution >= 4 is 0 Å². The van der Waals surface area contributed by atoms with Gasteiger partial charge >= 0.3 is 0 Å². The van der Waals surface area contributed by atoms with Crippen molar-refractivity contribution in [3.05, 3.63) is 23.8 Å². The highest BCUT2D eigenvalue weighted by Gasteiger charge is 2.60. The van der Waals surface area contributed by atoms with E-state index in [0.717, 1.165) is 30.4 Å². The first-order valence-electron chi connectivity index (χ1n) is 8.86. The molecular weight excluding hydrogens is 286 g/mol. The molecule has 1 aromatic carbocycles. The van der Waals surface area contributed by atoms with Crippen molar-refractivity contribution in [2.24, 2.45) is 16.7 Å². The average molecular weight is 317 g/mol. The number of rotatable bonds is 6. The Morgan fingerprint density at radius 3 is 2.43 bits per heavy atom. The van der Waals surface area contributed by atoms with Crippen LogP contribution >= 0.6 is 0 Å². The van der Waals surface area contributed by atoms with Crippen molar-refractivity contribution in [3.63, 3.8) is 0 Å². The molecule has 0 spiro atoms. The summed E-state index contributed by atoms with van der Waals surface area (Å²) in [5, 5.41) is 3.85. The molecule has 3 atom stereocenters. The molecule has 0 heterocycles. The molecule has 23 heavy (non-hydrogen) atoms. The summed E-state index contributed by atoms with van der Waals surface area (Å²) in [6.07, 6.45) is 5.16. The number of methoxy groups -OCH3 is 2. The van der Waals surface area contributed by atoms with Gasteiger partial charge < -0.3 is 14.8 Å². The van der Waals surface area contributed by atoms with E-state index in [2.05, 4.69) is 38.2 Å². The fourth-order valence-corrected chi connectivity index (χ4v) is 4.94. The molecule has 2 aliphatic rings. The Morgan fingerprint density at radius 1 is 1.13 bits per heavy atom. The Kier molecular flexibility index (Phi) is 4.35. The molecule has 0 aliphatic heterocycles. The van der Waals surface area contributed by atoms with Gasteiger partial charge in [-0.1, -0.05) is 26.8 Å². The summed E-state index contributed by atoms with van der Waals surface area (Å²) in [7, 11) is 3.37. The molecule has 0 radical (unpaired) electrons. The van der Waals surface area contributed by atoms with E-state index in [1.165, 1.54) is 24.8 Å². The predicted molar refractivity (Wildman–Crippen MR) is 94.3 cm³/mol. The first-order chi connectivity index (χ1) is 10.9. The summed E-state index contributed by atoms with van der Waals surface area (Å²) < 4.78 is 10.7. The number of fused-ring (bicyclic) bond motifs is 2. The smallest absolute Gasteiger partial charge is 0.160 e. The van der Waals surface area contributed by atoms with Crippen LogP contribution in [0.4, 0.5) is 0 Å². The quantitative estimate of drug-likeness (QED) is 0.858. The van der Waals surface area contributed by atoms with Gasteiger partial charge in [-0.25, -0.2) is 0 Å². The van der Waals surface area contributed by atoms with Crippen LogP contribution < -0.4 is 14.8 Å². The van der Waals surface area contributed by atoms with E-state index < -0.39 is 0 Å². The third-order valence-corrected chi connectivity index (χ3v) is 7.05. The lowest BCUT2D eigenvalue weighted by Gasteiger charge is -2.39. The molecule has 0 amide bonds. The highest BCUT2D eigenvalue weighted by atomic mass is 16.5. The zero-order chi connectivity index (χ0) is 16.7. The van der Waals surface area contributed by atoms with E-state index in [-0.39, 0.29) is 0 Å². The molecule has 2 bridgehead atoms. The van der Waals surface area contributed by atoms with Gasteiger partial charge in [0.15, 0.2) is 11.5 Å². The molecule has 3 nitrogen and oxygen atoms in total. The summed E-state index contributed by atoms with van der Waals surface area (Å²) in [5.41, 5.74) is 2.23. The maximum atomic E-state index is 5.39. The average Bonchev–Trinajstić information content (AvgIpc) is 2.88. The van der Waals surface area contributed by atoms with Gasteiger partial charge in [0, 0.05) is 6.04 Å².